The molecule has 6 nitrogen and oxygen atoms in total. The first kappa shape index (κ1) is 19.0. The van der Waals surface area contributed by atoms with Gasteiger partial charge in [-0.3, -0.25) is 10.1 Å². The molecule has 2 aromatic rings. The molecular formula is C24H27N3O3. The van der Waals surface area contributed by atoms with E-state index in [1.807, 2.05) is 18.2 Å². The first-order valence-corrected chi connectivity index (χ1v) is 10.7. The molecule has 0 amide bonds. The molecule has 0 bridgehead atoms. The number of rotatable bonds is 4. The van der Waals surface area contributed by atoms with Crippen LogP contribution in [0.25, 0.3) is 0 Å². The zero-order chi connectivity index (χ0) is 20.9. The highest BCUT2D eigenvalue weighted by atomic mass is 16.6. The van der Waals surface area contributed by atoms with Crippen molar-refractivity contribution in [3.05, 3.63) is 75.5 Å². The molecule has 30 heavy (non-hydrogen) atoms. The van der Waals surface area contributed by atoms with Gasteiger partial charge >= 0.3 is 0 Å². The molecule has 156 valence electrons. The number of fused-ring (bicyclic) bond motifs is 5. The molecule has 0 spiro atoms. The van der Waals surface area contributed by atoms with Crippen LogP contribution in [0.4, 0.5) is 11.4 Å². The van der Waals surface area contributed by atoms with Gasteiger partial charge in [-0.15, -0.1) is 0 Å². The van der Waals surface area contributed by atoms with Crippen molar-refractivity contribution < 1.29 is 10.0 Å². The molecule has 2 aromatic carbocycles. The number of nitro benzene ring substituents is 1. The van der Waals surface area contributed by atoms with E-state index in [1.165, 1.54) is 29.3 Å². The third kappa shape index (κ3) is 3.02. The molecule has 1 fully saturated rings. The number of aryl methyl sites for hydroxylation is 1. The minimum Gasteiger partial charge on any atom is -0.508 e. The molecule has 0 saturated heterocycles. The minimum atomic E-state index is -0.376. The Kier molecular flexibility index (Phi) is 4.45. The predicted octanol–water partition coefficient (Wildman–Crippen LogP) is 5.27. The summed E-state index contributed by atoms with van der Waals surface area (Å²) in [5.41, 5.74) is 11.4. The van der Waals surface area contributed by atoms with Gasteiger partial charge in [0.2, 0.25) is 0 Å². The van der Waals surface area contributed by atoms with Gasteiger partial charge in [-0.05, 0) is 79.2 Å². The smallest absolute Gasteiger partial charge is 0.271 e. The fourth-order valence-corrected chi connectivity index (χ4v) is 6.17. The summed E-state index contributed by atoms with van der Waals surface area (Å²) in [6.07, 6.45) is 7.82. The number of non-ortho nitro benzene ring substituents is 1. The quantitative estimate of drug-likeness (QED) is 0.477. The largest absolute Gasteiger partial charge is 0.508 e. The van der Waals surface area contributed by atoms with E-state index in [0.29, 0.717) is 29.2 Å². The molecule has 0 aliphatic heterocycles. The molecule has 3 aliphatic rings. The Morgan fingerprint density at radius 2 is 2.03 bits per heavy atom. The van der Waals surface area contributed by atoms with Crippen molar-refractivity contribution in [2.24, 2.45) is 17.3 Å². The number of benzene rings is 2. The lowest BCUT2D eigenvalue weighted by Crippen LogP contribution is -2.44. The Bertz CT molecular complexity index is 1030. The first-order valence-electron chi connectivity index (χ1n) is 10.7. The minimum absolute atomic E-state index is 0.0821. The van der Waals surface area contributed by atoms with Crippen LogP contribution in [0.5, 0.6) is 5.75 Å². The van der Waals surface area contributed by atoms with Gasteiger partial charge in [0.1, 0.15) is 5.75 Å². The zero-order valence-corrected chi connectivity index (χ0v) is 17.1. The number of aromatic hydroxyl groups is 1. The third-order valence-corrected chi connectivity index (χ3v) is 7.69. The van der Waals surface area contributed by atoms with Crippen LogP contribution in [0.3, 0.4) is 0 Å². The maximum Gasteiger partial charge on any atom is 0.271 e. The molecule has 6 heteroatoms. The summed E-state index contributed by atoms with van der Waals surface area (Å²) in [5, 5.41) is 20.9. The molecule has 4 atom stereocenters. The second kappa shape index (κ2) is 7.04. The van der Waals surface area contributed by atoms with Gasteiger partial charge in [-0.2, -0.15) is 0 Å². The summed E-state index contributed by atoms with van der Waals surface area (Å²) in [4.78, 5) is 10.6. The molecule has 0 heterocycles. The van der Waals surface area contributed by atoms with E-state index < -0.39 is 0 Å². The number of hydrogen-bond donors (Lipinski definition) is 3. The second-order valence-electron chi connectivity index (χ2n) is 9.17. The standard InChI is InChI=1S/C24H27N3O3/c1-24-12-11-20-19-8-6-18(28)13-15(19)5-7-21(20)22(24)9-10-23(24)26-25-16-3-2-4-17(14-16)27(29)30/h2-4,6,8,10,13-14,20-22,25-26,28H,5,7,9,11-12H2,1H3/t20-,21+,22+,24-/m0/s1. The Labute approximate surface area is 176 Å². The predicted molar refractivity (Wildman–Crippen MR) is 116 cm³/mol. The molecule has 1 saturated carbocycles. The zero-order valence-electron chi connectivity index (χ0n) is 17.1. The number of phenolic OH excluding ortho intramolecular Hbond substituents is 1. The average molecular weight is 405 g/mol. The van der Waals surface area contributed by atoms with Crippen molar-refractivity contribution in [2.45, 2.75) is 44.9 Å². The number of phenols is 1. The van der Waals surface area contributed by atoms with E-state index in [-0.39, 0.29) is 16.0 Å². The van der Waals surface area contributed by atoms with Crippen LogP contribution in [0.1, 0.15) is 49.7 Å². The van der Waals surface area contributed by atoms with Crippen molar-refractivity contribution in [2.75, 3.05) is 5.43 Å². The van der Waals surface area contributed by atoms with E-state index in [4.69, 9.17) is 0 Å². The number of nitrogens with zero attached hydrogens (tertiary/aromatic N) is 1. The first-order chi connectivity index (χ1) is 14.5. The number of allylic oxidation sites excluding steroid dienone is 2. The van der Waals surface area contributed by atoms with Crippen molar-refractivity contribution in [1.82, 2.24) is 5.43 Å². The summed E-state index contributed by atoms with van der Waals surface area (Å²) >= 11 is 0. The van der Waals surface area contributed by atoms with Crippen LogP contribution in [-0.4, -0.2) is 10.0 Å². The highest BCUT2D eigenvalue weighted by molar-refractivity contribution is 5.51. The normalized spacial score (nSPS) is 29.2. The molecule has 0 unspecified atom stereocenters. The maximum atomic E-state index is 11.0. The fourth-order valence-electron chi connectivity index (χ4n) is 6.17. The van der Waals surface area contributed by atoms with Gasteiger partial charge in [-0.25, -0.2) is 0 Å². The lowest BCUT2D eigenvalue weighted by atomic mass is 9.55. The van der Waals surface area contributed by atoms with Crippen LogP contribution in [0, 0.1) is 27.4 Å². The summed E-state index contributed by atoms with van der Waals surface area (Å²) < 4.78 is 0. The SMILES string of the molecule is C[C@]12CC[C@H]3c4ccc(O)cc4CC[C@H]3[C@H]1CC=C2NNc1cccc([N+](=O)[O-])c1. The molecule has 5 rings (SSSR count). The van der Waals surface area contributed by atoms with Crippen LogP contribution in [0.2, 0.25) is 0 Å². The van der Waals surface area contributed by atoms with E-state index in [0.717, 1.165) is 25.7 Å². The Morgan fingerprint density at radius 3 is 2.87 bits per heavy atom. The Hall–Kier alpha value is -3.02. The number of hydrazine groups is 1. The molecule has 3 aliphatic carbocycles. The summed E-state index contributed by atoms with van der Waals surface area (Å²) in [7, 11) is 0. The van der Waals surface area contributed by atoms with Gasteiger partial charge in [0.05, 0.1) is 10.6 Å². The van der Waals surface area contributed by atoms with E-state index in [9.17, 15) is 15.2 Å². The van der Waals surface area contributed by atoms with Gasteiger partial charge in [-0.1, -0.05) is 25.1 Å². The second-order valence-corrected chi connectivity index (χ2v) is 9.17. The highest BCUT2D eigenvalue weighted by Crippen LogP contribution is 2.60. The highest BCUT2D eigenvalue weighted by Gasteiger charge is 2.51. The lowest BCUT2D eigenvalue weighted by Gasteiger charge is -2.50. The lowest BCUT2D eigenvalue weighted by molar-refractivity contribution is -0.384. The number of nitro groups is 1. The molecule has 3 N–H and O–H groups in total. The van der Waals surface area contributed by atoms with Gasteiger partial charge in [0.15, 0.2) is 0 Å². The Morgan fingerprint density at radius 1 is 1.17 bits per heavy atom. The summed E-state index contributed by atoms with van der Waals surface area (Å²) in [6, 6.07) is 12.5. The van der Waals surface area contributed by atoms with E-state index >= 15 is 0 Å². The van der Waals surface area contributed by atoms with E-state index in [1.54, 1.807) is 12.1 Å². The summed E-state index contributed by atoms with van der Waals surface area (Å²) in [5.74, 6) is 2.18. The topological polar surface area (TPSA) is 87.4 Å². The maximum absolute atomic E-state index is 11.0. The molecular weight excluding hydrogens is 378 g/mol. The average Bonchev–Trinajstić information content (AvgIpc) is 3.08. The van der Waals surface area contributed by atoms with Crippen LogP contribution < -0.4 is 10.9 Å². The van der Waals surface area contributed by atoms with Crippen LogP contribution in [-0.2, 0) is 6.42 Å². The van der Waals surface area contributed by atoms with Gasteiger partial charge in [0.25, 0.3) is 5.69 Å². The fraction of sp³-hybridized carbons (Fsp3) is 0.417. The number of hydrogen-bond acceptors (Lipinski definition) is 5. The third-order valence-electron chi connectivity index (χ3n) is 7.69. The Balaban J connectivity index is 1.32. The number of nitrogens with one attached hydrogen (secondary N) is 2. The van der Waals surface area contributed by atoms with Crippen molar-refractivity contribution in [3.8, 4) is 5.75 Å². The molecule has 0 aromatic heterocycles. The van der Waals surface area contributed by atoms with Gasteiger partial charge in [0, 0.05) is 23.2 Å². The van der Waals surface area contributed by atoms with E-state index in [2.05, 4.69) is 29.9 Å². The van der Waals surface area contributed by atoms with Crippen molar-refractivity contribution in [3.63, 3.8) is 0 Å². The van der Waals surface area contributed by atoms with Crippen LogP contribution >= 0.6 is 0 Å². The summed E-state index contributed by atoms with van der Waals surface area (Å²) in [6.45, 7) is 2.36. The van der Waals surface area contributed by atoms with Crippen molar-refractivity contribution >= 4 is 11.4 Å². The van der Waals surface area contributed by atoms with Crippen LogP contribution in [0.15, 0.2) is 54.2 Å². The monoisotopic (exact) mass is 405 g/mol. The number of anilines is 1. The van der Waals surface area contributed by atoms with Crippen molar-refractivity contribution in [1.29, 1.82) is 0 Å². The molecule has 0 radical (unpaired) electrons. The van der Waals surface area contributed by atoms with Gasteiger partial charge < -0.3 is 16.0 Å².